The van der Waals surface area contributed by atoms with E-state index in [2.05, 4.69) is 0 Å². The summed E-state index contributed by atoms with van der Waals surface area (Å²) in [5, 5.41) is 0. The summed E-state index contributed by atoms with van der Waals surface area (Å²) in [6, 6.07) is 0. The van der Waals surface area contributed by atoms with Crippen LogP contribution in [-0.4, -0.2) is 11.3 Å². The third kappa shape index (κ3) is 1.84. The fraction of sp³-hybridized carbons (Fsp3) is 1.00. The topological polar surface area (TPSA) is 34.1 Å². The Morgan fingerprint density at radius 1 is 0.900 bits per heavy atom. The van der Waals surface area contributed by atoms with E-state index < -0.39 is 0 Å². The molecule has 0 heterocycles. The van der Waals surface area contributed by atoms with Crippen molar-refractivity contribution >= 4 is 16.9 Å². The van der Waals surface area contributed by atoms with Crippen LogP contribution in [0.15, 0.2) is 0 Å². The Balaban J connectivity index is 2.49. The van der Waals surface area contributed by atoms with Gasteiger partial charge in [0.25, 0.3) is 0 Å². The van der Waals surface area contributed by atoms with Gasteiger partial charge in [-0.05, 0) is 25.7 Å². The second kappa shape index (κ2) is 4.16. The van der Waals surface area contributed by atoms with Crippen molar-refractivity contribution in [2.45, 2.75) is 37.0 Å². The average molecular weight is 178 g/mol. The van der Waals surface area contributed by atoms with E-state index in [4.69, 9.17) is 0 Å². The summed E-state index contributed by atoms with van der Waals surface area (Å²) >= 11 is 0. The molecule has 0 aromatic rings. The van der Waals surface area contributed by atoms with Gasteiger partial charge in [0.1, 0.15) is 0 Å². The van der Waals surface area contributed by atoms with Gasteiger partial charge in [0, 0.05) is 0 Å². The van der Waals surface area contributed by atoms with Crippen LogP contribution in [0.2, 0.25) is 0 Å². The summed E-state index contributed by atoms with van der Waals surface area (Å²) < 4.78 is 21.1. The number of rotatable bonds is 2. The minimum absolute atomic E-state index is 0.240. The van der Waals surface area contributed by atoms with Crippen LogP contribution >= 0.6 is 16.9 Å². The molecule has 1 aliphatic rings. The first kappa shape index (κ1) is 8.30. The summed E-state index contributed by atoms with van der Waals surface area (Å²) in [7, 11) is -0.498. The van der Waals surface area contributed by atoms with Crippen molar-refractivity contribution in [2.75, 3.05) is 0 Å². The highest BCUT2D eigenvalue weighted by Crippen LogP contribution is 2.34. The van der Waals surface area contributed by atoms with Gasteiger partial charge in [0.05, 0.1) is 0 Å². The molecule has 0 spiro atoms. The first-order valence-corrected chi connectivity index (χ1v) is 5.61. The molecule has 10 heavy (non-hydrogen) atoms. The quantitative estimate of drug-likeness (QED) is 0.608. The predicted molar refractivity (Wildman–Crippen MR) is 44.0 cm³/mol. The summed E-state index contributed by atoms with van der Waals surface area (Å²) in [4.78, 5) is 0. The molecule has 4 atom stereocenters. The predicted octanol–water partition coefficient (Wildman–Crippen LogP) is 2.35. The van der Waals surface area contributed by atoms with Crippen LogP contribution in [0.5, 0.6) is 0 Å². The summed E-state index contributed by atoms with van der Waals surface area (Å²) in [6.45, 7) is 0. The Bertz CT molecular complexity index is 122. The molecular formula is C6H12O2P2+2. The Morgan fingerprint density at radius 2 is 1.30 bits per heavy atom. The van der Waals surface area contributed by atoms with Gasteiger partial charge >= 0.3 is 16.9 Å². The van der Waals surface area contributed by atoms with Crippen molar-refractivity contribution in [1.82, 2.24) is 0 Å². The van der Waals surface area contributed by atoms with Gasteiger partial charge in [-0.15, -0.1) is 0 Å². The molecule has 56 valence electrons. The van der Waals surface area contributed by atoms with Crippen molar-refractivity contribution in [2.24, 2.45) is 0 Å². The minimum Gasteiger partial charge on any atom is -0.0770 e. The Morgan fingerprint density at radius 3 is 1.60 bits per heavy atom. The highest BCUT2D eigenvalue weighted by molar-refractivity contribution is 7.30. The van der Waals surface area contributed by atoms with E-state index in [-0.39, 0.29) is 28.2 Å². The van der Waals surface area contributed by atoms with E-state index in [1.807, 2.05) is 0 Å². The molecule has 0 N–H and O–H groups in total. The van der Waals surface area contributed by atoms with E-state index in [1.165, 1.54) is 12.8 Å². The third-order valence-electron chi connectivity index (χ3n) is 2.07. The van der Waals surface area contributed by atoms with E-state index in [0.29, 0.717) is 0 Å². The molecule has 0 aromatic heterocycles. The minimum atomic E-state index is -0.249. The van der Waals surface area contributed by atoms with Crippen LogP contribution in [0, 0.1) is 0 Å². The maximum atomic E-state index is 10.5. The maximum Gasteiger partial charge on any atom is 0.332 e. The maximum absolute atomic E-state index is 10.5. The molecule has 1 aliphatic carbocycles. The van der Waals surface area contributed by atoms with Gasteiger partial charge < -0.3 is 0 Å². The van der Waals surface area contributed by atoms with Crippen LogP contribution in [0.25, 0.3) is 0 Å². The molecule has 2 nitrogen and oxygen atoms in total. The Kier molecular flexibility index (Phi) is 3.45. The van der Waals surface area contributed by atoms with E-state index in [1.54, 1.807) is 0 Å². The van der Waals surface area contributed by atoms with Crippen LogP contribution in [0.1, 0.15) is 25.7 Å². The lowest BCUT2D eigenvalue weighted by molar-refractivity contribution is 0.493. The molecule has 0 aliphatic heterocycles. The first-order chi connectivity index (χ1) is 4.88. The fourth-order valence-corrected chi connectivity index (χ4v) is 3.13. The van der Waals surface area contributed by atoms with Crippen LogP contribution in [0.4, 0.5) is 0 Å². The van der Waals surface area contributed by atoms with Crippen molar-refractivity contribution in [3.8, 4) is 0 Å². The second-order valence-corrected chi connectivity index (χ2v) is 4.69. The standard InChI is InChI=1S/C6H10O2P2/c7-9-5-3-1-2-4-6(5)10-8/h5-6H,1-4H2/p+2. The SMILES string of the molecule is O=[PH+]C1CCCCC1[PH+]=O. The highest BCUT2D eigenvalue weighted by atomic mass is 31.1. The molecular weight excluding hydrogens is 166 g/mol. The van der Waals surface area contributed by atoms with E-state index >= 15 is 0 Å². The second-order valence-electron chi connectivity index (χ2n) is 2.73. The van der Waals surface area contributed by atoms with E-state index in [9.17, 15) is 9.13 Å². The molecule has 0 aromatic carbocycles. The van der Waals surface area contributed by atoms with Gasteiger partial charge in [-0.1, -0.05) is 9.13 Å². The first-order valence-electron chi connectivity index (χ1n) is 3.64. The largest absolute Gasteiger partial charge is 0.332 e. The zero-order valence-electron chi connectivity index (χ0n) is 5.80. The van der Waals surface area contributed by atoms with Gasteiger partial charge in [0.15, 0.2) is 11.3 Å². The molecule has 0 radical (unpaired) electrons. The Hall–Kier alpha value is 0.200. The number of hydrogen-bond donors (Lipinski definition) is 0. The lowest BCUT2D eigenvalue weighted by Gasteiger charge is -2.11. The smallest absolute Gasteiger partial charge is 0.0770 e. The summed E-state index contributed by atoms with van der Waals surface area (Å²) in [6.07, 6.45) is 4.37. The van der Waals surface area contributed by atoms with Crippen molar-refractivity contribution in [3.63, 3.8) is 0 Å². The fourth-order valence-electron chi connectivity index (χ4n) is 1.41. The van der Waals surface area contributed by atoms with Crippen molar-refractivity contribution in [3.05, 3.63) is 0 Å². The molecule has 1 saturated carbocycles. The monoisotopic (exact) mass is 178 g/mol. The van der Waals surface area contributed by atoms with Gasteiger partial charge in [-0.3, -0.25) is 0 Å². The van der Waals surface area contributed by atoms with E-state index in [0.717, 1.165) is 12.8 Å². The lowest BCUT2D eigenvalue weighted by Crippen LogP contribution is -2.19. The molecule has 0 saturated heterocycles. The van der Waals surface area contributed by atoms with Crippen LogP contribution in [-0.2, 0) is 9.13 Å². The van der Waals surface area contributed by atoms with Gasteiger partial charge in [0.2, 0.25) is 0 Å². The molecule has 1 fully saturated rings. The third-order valence-corrected chi connectivity index (χ3v) is 4.39. The van der Waals surface area contributed by atoms with Gasteiger partial charge in [-0.25, -0.2) is 0 Å². The molecule has 0 amide bonds. The molecule has 0 bridgehead atoms. The van der Waals surface area contributed by atoms with Crippen molar-refractivity contribution in [1.29, 1.82) is 0 Å². The molecule has 1 rings (SSSR count). The number of hydrogen-bond acceptors (Lipinski definition) is 2. The summed E-state index contributed by atoms with van der Waals surface area (Å²) in [5.74, 6) is 0. The average Bonchev–Trinajstić information content (AvgIpc) is 2.04. The normalized spacial score (nSPS) is 34.8. The zero-order valence-corrected chi connectivity index (χ0v) is 7.80. The highest BCUT2D eigenvalue weighted by Gasteiger charge is 2.36. The van der Waals surface area contributed by atoms with Gasteiger partial charge in [-0.2, -0.15) is 0 Å². The van der Waals surface area contributed by atoms with Crippen LogP contribution in [0.3, 0.4) is 0 Å². The van der Waals surface area contributed by atoms with Crippen LogP contribution < -0.4 is 0 Å². The molecule has 4 unspecified atom stereocenters. The van der Waals surface area contributed by atoms with Crippen molar-refractivity contribution < 1.29 is 9.13 Å². The zero-order chi connectivity index (χ0) is 7.40. The lowest BCUT2D eigenvalue weighted by atomic mass is 10.00. The summed E-state index contributed by atoms with van der Waals surface area (Å²) in [5.41, 5.74) is 0.481. The molecule has 4 heteroatoms. The Labute approximate surface area is 63.8 Å².